The van der Waals surface area contributed by atoms with Crippen LogP contribution in [0.2, 0.25) is 0 Å². The van der Waals surface area contributed by atoms with Crippen LogP contribution in [0.25, 0.3) is 0 Å². The minimum atomic E-state index is -0.564. The fourth-order valence-corrected chi connectivity index (χ4v) is 2.32. The van der Waals surface area contributed by atoms with Crippen LogP contribution in [0.5, 0.6) is 0 Å². The van der Waals surface area contributed by atoms with Crippen LogP contribution in [-0.4, -0.2) is 5.11 Å². The van der Waals surface area contributed by atoms with Gasteiger partial charge in [-0.1, -0.05) is 31.2 Å². The van der Waals surface area contributed by atoms with Gasteiger partial charge in [-0.3, -0.25) is 0 Å². The Bertz CT molecular complexity index is 328. The van der Waals surface area contributed by atoms with E-state index in [0.717, 1.165) is 12.0 Å². The van der Waals surface area contributed by atoms with Crippen molar-refractivity contribution >= 4 is 0 Å². The Morgan fingerprint density at radius 3 is 2.50 bits per heavy atom. The van der Waals surface area contributed by atoms with Gasteiger partial charge < -0.3 is 5.11 Å². The molecule has 2 rings (SSSR count). The Hall–Kier alpha value is -0.820. The molecule has 0 spiro atoms. The normalized spacial score (nSPS) is 20.5. The van der Waals surface area contributed by atoms with Crippen molar-refractivity contribution in [2.24, 2.45) is 5.92 Å². The van der Waals surface area contributed by atoms with Gasteiger partial charge >= 0.3 is 0 Å². The first-order valence-corrected chi connectivity index (χ1v) is 5.47. The maximum Gasteiger partial charge on any atom is 0.0924 e. The van der Waals surface area contributed by atoms with Crippen molar-refractivity contribution in [3.8, 4) is 0 Å². The third-order valence-corrected chi connectivity index (χ3v) is 3.40. The van der Waals surface area contributed by atoms with E-state index in [4.69, 9.17) is 0 Å². The molecular weight excluding hydrogens is 172 g/mol. The highest BCUT2D eigenvalue weighted by Crippen LogP contribution is 2.48. The fraction of sp³-hybridized carbons (Fsp3) is 0.538. The van der Waals surface area contributed by atoms with E-state index in [1.807, 2.05) is 12.1 Å². The van der Waals surface area contributed by atoms with Crippen molar-refractivity contribution < 1.29 is 5.11 Å². The van der Waals surface area contributed by atoms with Crippen molar-refractivity contribution in [1.29, 1.82) is 0 Å². The quantitative estimate of drug-likeness (QED) is 0.776. The number of hydrogen-bond donors (Lipinski definition) is 1. The number of benzene rings is 1. The van der Waals surface area contributed by atoms with Gasteiger partial charge in [-0.25, -0.2) is 0 Å². The Morgan fingerprint density at radius 1 is 1.36 bits per heavy atom. The van der Waals surface area contributed by atoms with Gasteiger partial charge in [0.15, 0.2) is 0 Å². The second-order valence-corrected chi connectivity index (χ2v) is 4.37. The monoisotopic (exact) mass is 190 g/mol. The summed E-state index contributed by atoms with van der Waals surface area (Å²) in [4.78, 5) is 0. The minimum absolute atomic E-state index is 0.494. The highest BCUT2D eigenvalue weighted by atomic mass is 16.3. The molecule has 0 aliphatic heterocycles. The summed E-state index contributed by atoms with van der Waals surface area (Å²) in [5.41, 5.74) is 1.78. The van der Waals surface area contributed by atoms with Crippen LogP contribution in [-0.2, 0) is 5.60 Å². The third-order valence-electron chi connectivity index (χ3n) is 3.40. The first kappa shape index (κ1) is 9.72. The molecule has 1 nitrogen and oxygen atoms in total. The lowest BCUT2D eigenvalue weighted by Gasteiger charge is -2.29. The van der Waals surface area contributed by atoms with E-state index in [9.17, 15) is 5.11 Å². The van der Waals surface area contributed by atoms with E-state index in [-0.39, 0.29) is 0 Å². The van der Waals surface area contributed by atoms with Crippen molar-refractivity contribution in [3.05, 3.63) is 35.4 Å². The molecule has 0 amide bonds. The fourth-order valence-electron chi connectivity index (χ4n) is 2.32. The van der Waals surface area contributed by atoms with Crippen LogP contribution in [0.15, 0.2) is 24.3 Å². The molecule has 0 bridgehead atoms. The van der Waals surface area contributed by atoms with Gasteiger partial charge in [0.1, 0.15) is 0 Å². The third kappa shape index (κ3) is 1.46. The molecule has 1 heteroatoms. The highest BCUT2D eigenvalue weighted by molar-refractivity contribution is 5.32. The van der Waals surface area contributed by atoms with Crippen LogP contribution >= 0.6 is 0 Å². The molecule has 0 heterocycles. The zero-order valence-corrected chi connectivity index (χ0v) is 8.96. The molecule has 1 atom stereocenters. The Balaban J connectivity index is 2.40. The lowest BCUT2D eigenvalue weighted by molar-refractivity contribution is 0.00832. The Labute approximate surface area is 85.8 Å². The summed E-state index contributed by atoms with van der Waals surface area (Å²) < 4.78 is 0. The first-order valence-electron chi connectivity index (χ1n) is 5.47. The standard InChI is InChI=1S/C13H18O/c1-3-13(14,11-8-9-11)12-7-5-4-6-10(12)2/h4-7,11,14H,3,8-9H2,1-2H3. The smallest absolute Gasteiger partial charge is 0.0924 e. The summed E-state index contributed by atoms with van der Waals surface area (Å²) in [5, 5.41) is 10.6. The highest BCUT2D eigenvalue weighted by Gasteiger charge is 2.44. The summed E-state index contributed by atoms with van der Waals surface area (Å²) in [6.45, 7) is 4.16. The van der Waals surface area contributed by atoms with E-state index in [1.54, 1.807) is 0 Å². The summed E-state index contributed by atoms with van der Waals surface area (Å²) in [7, 11) is 0. The predicted molar refractivity (Wildman–Crippen MR) is 58.1 cm³/mol. The number of rotatable bonds is 3. The van der Waals surface area contributed by atoms with Crippen molar-refractivity contribution in [1.82, 2.24) is 0 Å². The van der Waals surface area contributed by atoms with Crippen molar-refractivity contribution in [3.63, 3.8) is 0 Å². The molecule has 1 saturated carbocycles. The Morgan fingerprint density at radius 2 is 2.00 bits per heavy atom. The van der Waals surface area contributed by atoms with Crippen LogP contribution < -0.4 is 0 Å². The summed E-state index contributed by atoms with van der Waals surface area (Å²) >= 11 is 0. The van der Waals surface area contributed by atoms with Gasteiger partial charge in [-0.15, -0.1) is 0 Å². The molecule has 1 fully saturated rings. The average Bonchev–Trinajstić information content (AvgIpc) is 3.01. The molecule has 1 aromatic rings. The van der Waals surface area contributed by atoms with Gasteiger partial charge in [0, 0.05) is 0 Å². The SMILES string of the molecule is CCC(O)(c1ccccc1C)C1CC1. The lowest BCUT2D eigenvalue weighted by atomic mass is 9.84. The summed E-state index contributed by atoms with van der Waals surface area (Å²) in [5.74, 6) is 0.494. The first-order chi connectivity index (χ1) is 6.68. The topological polar surface area (TPSA) is 20.2 Å². The molecule has 0 saturated heterocycles. The van der Waals surface area contributed by atoms with Gasteiger partial charge in [0.05, 0.1) is 5.60 Å². The lowest BCUT2D eigenvalue weighted by Crippen LogP contribution is -2.28. The van der Waals surface area contributed by atoms with E-state index < -0.39 is 5.60 Å². The molecular formula is C13H18O. The van der Waals surface area contributed by atoms with Crippen LogP contribution in [0, 0.1) is 12.8 Å². The van der Waals surface area contributed by atoms with Gasteiger partial charge in [0.2, 0.25) is 0 Å². The maximum absolute atomic E-state index is 10.6. The maximum atomic E-state index is 10.6. The molecule has 1 N–H and O–H groups in total. The van der Waals surface area contributed by atoms with Crippen molar-refractivity contribution in [2.75, 3.05) is 0 Å². The number of aliphatic hydroxyl groups is 1. The minimum Gasteiger partial charge on any atom is -0.385 e. The van der Waals surface area contributed by atoms with Gasteiger partial charge in [-0.05, 0) is 43.2 Å². The van der Waals surface area contributed by atoms with Crippen LogP contribution in [0.1, 0.15) is 37.3 Å². The molecule has 1 aliphatic rings. The van der Waals surface area contributed by atoms with Crippen LogP contribution in [0.3, 0.4) is 0 Å². The van der Waals surface area contributed by atoms with Gasteiger partial charge in [0.25, 0.3) is 0 Å². The average molecular weight is 190 g/mol. The molecule has 1 unspecified atom stereocenters. The van der Waals surface area contributed by atoms with Crippen molar-refractivity contribution in [2.45, 2.75) is 38.7 Å². The second-order valence-electron chi connectivity index (χ2n) is 4.37. The molecule has 1 aliphatic carbocycles. The van der Waals surface area contributed by atoms with E-state index in [2.05, 4.69) is 26.0 Å². The summed E-state index contributed by atoms with van der Waals surface area (Å²) in [6, 6.07) is 8.20. The van der Waals surface area contributed by atoms with E-state index in [0.29, 0.717) is 5.92 Å². The molecule has 76 valence electrons. The zero-order chi connectivity index (χ0) is 10.2. The number of aryl methyl sites for hydroxylation is 1. The second kappa shape index (κ2) is 3.39. The Kier molecular flexibility index (Phi) is 2.36. The van der Waals surface area contributed by atoms with E-state index >= 15 is 0 Å². The van der Waals surface area contributed by atoms with Crippen LogP contribution in [0.4, 0.5) is 0 Å². The number of hydrogen-bond acceptors (Lipinski definition) is 1. The molecule has 1 aromatic carbocycles. The van der Waals surface area contributed by atoms with E-state index in [1.165, 1.54) is 18.4 Å². The zero-order valence-electron chi connectivity index (χ0n) is 8.96. The summed E-state index contributed by atoms with van der Waals surface area (Å²) in [6.07, 6.45) is 3.18. The molecule has 0 radical (unpaired) electrons. The predicted octanol–water partition coefficient (Wildman–Crippen LogP) is 3.00. The largest absolute Gasteiger partial charge is 0.385 e. The van der Waals surface area contributed by atoms with Gasteiger partial charge in [-0.2, -0.15) is 0 Å². The molecule has 14 heavy (non-hydrogen) atoms. The molecule has 0 aromatic heterocycles.